The largest absolute Gasteiger partial charge is 0.322 e. The maximum atomic E-state index is 13.2. The van der Waals surface area contributed by atoms with Crippen LogP contribution in [0, 0.1) is 0 Å². The highest BCUT2D eigenvalue weighted by Gasteiger charge is 2.39. The molecule has 0 fully saturated rings. The van der Waals surface area contributed by atoms with Gasteiger partial charge in [0.15, 0.2) is 11.5 Å². The number of imidazole rings is 1. The fraction of sp³-hybridized carbons (Fsp3) is 0.381. The fourth-order valence-electron chi connectivity index (χ4n) is 3.57. The zero-order chi connectivity index (χ0) is 18.8. The van der Waals surface area contributed by atoms with Gasteiger partial charge in [-0.05, 0) is 24.5 Å². The molecular weight excluding hydrogens is 338 g/mol. The summed E-state index contributed by atoms with van der Waals surface area (Å²) in [5, 5.41) is 0. The van der Waals surface area contributed by atoms with Crippen LogP contribution in [0.25, 0.3) is 12.2 Å². The van der Waals surface area contributed by atoms with Crippen LogP contribution < -0.4 is 4.90 Å². The Morgan fingerprint density at radius 2 is 2.00 bits per heavy atom. The first kappa shape index (κ1) is 17.5. The average Bonchev–Trinajstić information content (AvgIpc) is 3.04. The second kappa shape index (κ2) is 7.39. The molecule has 140 valence electrons. The SMILES string of the molecule is CCCCN1C(=O)c2c(nc(/C=C/c3ccccc3)n2C)N2CCCN=C12. The highest BCUT2D eigenvalue weighted by atomic mass is 16.2. The Labute approximate surface area is 159 Å². The second-order valence-corrected chi connectivity index (χ2v) is 6.94. The van der Waals surface area contributed by atoms with Crippen LogP contribution in [0.5, 0.6) is 0 Å². The Kier molecular flexibility index (Phi) is 4.79. The molecule has 27 heavy (non-hydrogen) atoms. The molecule has 0 aliphatic carbocycles. The van der Waals surface area contributed by atoms with Gasteiger partial charge in [-0.3, -0.25) is 19.6 Å². The Bertz CT molecular complexity index is 897. The van der Waals surface area contributed by atoms with Gasteiger partial charge in [-0.15, -0.1) is 0 Å². The van der Waals surface area contributed by atoms with Gasteiger partial charge in [0.25, 0.3) is 5.91 Å². The van der Waals surface area contributed by atoms with Crippen molar-refractivity contribution in [1.29, 1.82) is 0 Å². The van der Waals surface area contributed by atoms with Crippen LogP contribution in [-0.2, 0) is 7.05 Å². The van der Waals surface area contributed by atoms with Crippen LogP contribution in [-0.4, -0.2) is 46.0 Å². The van der Waals surface area contributed by atoms with Gasteiger partial charge >= 0.3 is 0 Å². The molecule has 0 spiro atoms. The molecule has 0 saturated heterocycles. The predicted molar refractivity (Wildman–Crippen MR) is 109 cm³/mol. The molecule has 1 aromatic heterocycles. The average molecular weight is 363 g/mol. The van der Waals surface area contributed by atoms with Crippen LogP contribution >= 0.6 is 0 Å². The number of carbonyl (C=O) groups excluding carboxylic acids is 1. The summed E-state index contributed by atoms with van der Waals surface area (Å²) >= 11 is 0. The molecule has 0 radical (unpaired) electrons. The number of fused-ring (bicyclic) bond motifs is 3. The number of carbonyl (C=O) groups is 1. The first-order valence-electron chi connectivity index (χ1n) is 9.64. The number of aliphatic imine (C=N–C) groups is 1. The predicted octanol–water partition coefficient (Wildman–Crippen LogP) is 3.41. The van der Waals surface area contributed by atoms with Crippen LogP contribution in [0.1, 0.15) is 48.1 Å². The Balaban J connectivity index is 1.73. The molecule has 1 amide bonds. The van der Waals surface area contributed by atoms with Crippen molar-refractivity contribution in [2.45, 2.75) is 26.2 Å². The number of anilines is 1. The maximum absolute atomic E-state index is 13.2. The number of aromatic nitrogens is 2. The van der Waals surface area contributed by atoms with Crippen molar-refractivity contribution in [1.82, 2.24) is 14.5 Å². The number of guanidine groups is 1. The first-order valence-corrected chi connectivity index (χ1v) is 9.64. The Morgan fingerprint density at radius 3 is 2.78 bits per heavy atom. The second-order valence-electron chi connectivity index (χ2n) is 6.94. The van der Waals surface area contributed by atoms with Crippen LogP contribution in [0.4, 0.5) is 5.82 Å². The summed E-state index contributed by atoms with van der Waals surface area (Å²) in [6.45, 7) is 4.45. The molecule has 3 heterocycles. The fourth-order valence-corrected chi connectivity index (χ4v) is 3.57. The molecular formula is C21H25N5O. The molecule has 0 N–H and O–H groups in total. The summed E-state index contributed by atoms with van der Waals surface area (Å²) in [7, 11) is 1.92. The quantitative estimate of drug-likeness (QED) is 0.818. The molecule has 6 nitrogen and oxygen atoms in total. The topological polar surface area (TPSA) is 53.7 Å². The van der Waals surface area contributed by atoms with Crippen molar-refractivity contribution in [3.05, 3.63) is 47.4 Å². The molecule has 6 heteroatoms. The van der Waals surface area contributed by atoms with Gasteiger partial charge in [0.2, 0.25) is 5.96 Å². The van der Waals surface area contributed by atoms with Gasteiger partial charge in [0.05, 0.1) is 0 Å². The van der Waals surface area contributed by atoms with E-state index in [-0.39, 0.29) is 5.91 Å². The summed E-state index contributed by atoms with van der Waals surface area (Å²) < 4.78 is 1.90. The van der Waals surface area contributed by atoms with Crippen molar-refractivity contribution >= 4 is 29.8 Å². The lowest BCUT2D eigenvalue weighted by Crippen LogP contribution is -2.54. The highest BCUT2D eigenvalue weighted by Crippen LogP contribution is 2.31. The van der Waals surface area contributed by atoms with E-state index in [1.54, 1.807) is 0 Å². The molecule has 0 unspecified atom stereocenters. The van der Waals surface area contributed by atoms with Crippen LogP contribution in [0.2, 0.25) is 0 Å². The number of benzene rings is 1. The minimum atomic E-state index is 0.00436. The van der Waals surface area contributed by atoms with E-state index in [1.165, 1.54) is 0 Å². The third-order valence-electron chi connectivity index (χ3n) is 5.05. The number of hydrogen-bond acceptors (Lipinski definition) is 4. The number of rotatable bonds is 5. The zero-order valence-corrected chi connectivity index (χ0v) is 15.9. The summed E-state index contributed by atoms with van der Waals surface area (Å²) in [6, 6.07) is 10.1. The molecule has 0 bridgehead atoms. The van der Waals surface area contributed by atoms with Gasteiger partial charge in [-0.1, -0.05) is 49.8 Å². The lowest BCUT2D eigenvalue weighted by atomic mass is 10.2. The lowest BCUT2D eigenvalue weighted by Gasteiger charge is -2.38. The molecule has 2 aliphatic heterocycles. The van der Waals surface area contributed by atoms with Crippen molar-refractivity contribution in [3.63, 3.8) is 0 Å². The van der Waals surface area contributed by atoms with Crippen molar-refractivity contribution < 1.29 is 4.79 Å². The van der Waals surface area contributed by atoms with E-state index >= 15 is 0 Å². The minimum Gasteiger partial charge on any atom is -0.322 e. The van der Waals surface area contributed by atoms with E-state index in [4.69, 9.17) is 4.98 Å². The van der Waals surface area contributed by atoms with E-state index in [0.29, 0.717) is 12.2 Å². The normalized spacial score (nSPS) is 16.5. The monoisotopic (exact) mass is 363 g/mol. The summed E-state index contributed by atoms with van der Waals surface area (Å²) in [5.41, 5.74) is 1.76. The zero-order valence-electron chi connectivity index (χ0n) is 15.9. The highest BCUT2D eigenvalue weighted by molar-refractivity contribution is 6.17. The van der Waals surface area contributed by atoms with Crippen molar-refractivity contribution in [2.24, 2.45) is 12.0 Å². The van der Waals surface area contributed by atoms with Crippen molar-refractivity contribution in [2.75, 3.05) is 24.5 Å². The third kappa shape index (κ3) is 3.16. The lowest BCUT2D eigenvalue weighted by molar-refractivity contribution is 0.0827. The smallest absolute Gasteiger partial charge is 0.281 e. The van der Waals surface area contributed by atoms with Gasteiger partial charge in [0.1, 0.15) is 5.82 Å². The first-order chi connectivity index (χ1) is 13.2. The number of hydrogen-bond donors (Lipinski definition) is 0. The standard InChI is InChI=1S/C21H25N5O/c1-3-4-14-26-20(27)18-19(25-15-8-13-22-21(25)26)23-17(24(18)2)12-11-16-9-6-5-7-10-16/h5-7,9-12H,3-4,8,13-15H2,1-2H3/b12-11+. The van der Waals surface area contributed by atoms with E-state index in [9.17, 15) is 4.79 Å². The molecule has 1 aromatic carbocycles. The Morgan fingerprint density at radius 1 is 1.19 bits per heavy atom. The van der Waals surface area contributed by atoms with Crippen molar-refractivity contribution in [3.8, 4) is 0 Å². The maximum Gasteiger partial charge on any atom is 0.281 e. The summed E-state index contributed by atoms with van der Waals surface area (Å²) in [4.78, 5) is 26.6. The molecule has 4 rings (SSSR count). The Hall–Kier alpha value is -2.89. The number of nitrogens with zero attached hydrogens (tertiary/aromatic N) is 5. The van der Waals surface area contributed by atoms with Gasteiger partial charge in [-0.25, -0.2) is 4.98 Å². The van der Waals surface area contributed by atoms with Gasteiger partial charge in [0, 0.05) is 26.7 Å². The van der Waals surface area contributed by atoms with E-state index in [2.05, 4.69) is 16.8 Å². The van der Waals surface area contributed by atoms with E-state index in [1.807, 2.05) is 59.0 Å². The molecule has 2 aromatic rings. The molecule has 0 saturated carbocycles. The number of amides is 1. The van der Waals surface area contributed by atoms with E-state index in [0.717, 1.165) is 55.5 Å². The summed E-state index contributed by atoms with van der Waals surface area (Å²) in [6.07, 6.45) is 6.98. The minimum absolute atomic E-state index is 0.00436. The van der Waals surface area contributed by atoms with E-state index < -0.39 is 0 Å². The number of unbranched alkanes of at least 4 members (excludes halogenated alkanes) is 1. The third-order valence-corrected chi connectivity index (χ3v) is 5.05. The van der Waals surface area contributed by atoms with Crippen LogP contribution in [0.15, 0.2) is 35.3 Å². The van der Waals surface area contributed by atoms with Crippen LogP contribution in [0.3, 0.4) is 0 Å². The van der Waals surface area contributed by atoms with Gasteiger partial charge in [-0.2, -0.15) is 0 Å². The summed E-state index contributed by atoms with van der Waals surface area (Å²) in [5.74, 6) is 2.29. The van der Waals surface area contributed by atoms with Gasteiger partial charge < -0.3 is 4.57 Å². The molecule has 0 atom stereocenters. The molecule has 2 aliphatic rings.